The van der Waals surface area contributed by atoms with Crippen LogP contribution >= 0.6 is 35.6 Å². The number of halogens is 3. The third kappa shape index (κ3) is 4.95. The van der Waals surface area contributed by atoms with Crippen LogP contribution in [0.25, 0.3) is 0 Å². The summed E-state index contributed by atoms with van der Waals surface area (Å²) in [5.74, 6) is -0.190. The molecule has 2 amide bonds. The van der Waals surface area contributed by atoms with Gasteiger partial charge in [-0.3, -0.25) is 20.7 Å². The lowest BCUT2D eigenvalue weighted by molar-refractivity contribution is 0.247. The molecule has 2 aromatic rings. The van der Waals surface area contributed by atoms with E-state index in [-0.39, 0.29) is 24.9 Å². The molecular weight excluding hydrogens is 375 g/mol. The molecule has 0 fully saturated rings. The molecule has 0 aliphatic carbocycles. The van der Waals surface area contributed by atoms with Gasteiger partial charge in [-0.25, -0.2) is 4.79 Å². The number of nitrogens with zero attached hydrogens (tertiary/aromatic N) is 3. The van der Waals surface area contributed by atoms with Gasteiger partial charge in [0.1, 0.15) is 0 Å². The minimum absolute atomic E-state index is 0. The molecular formula is C14H15Cl3N6O. The van der Waals surface area contributed by atoms with Gasteiger partial charge in [-0.05, 0) is 12.1 Å². The van der Waals surface area contributed by atoms with Crippen LogP contribution in [-0.4, -0.2) is 29.0 Å². The van der Waals surface area contributed by atoms with E-state index in [1.165, 1.54) is 18.1 Å². The topological polar surface area (TPSA) is 94.0 Å². The second-order valence-corrected chi connectivity index (χ2v) is 5.22. The van der Waals surface area contributed by atoms with Gasteiger partial charge in [0.25, 0.3) is 0 Å². The number of guanidine groups is 1. The summed E-state index contributed by atoms with van der Waals surface area (Å²) in [6.07, 6.45) is 4.65. The van der Waals surface area contributed by atoms with E-state index >= 15 is 0 Å². The fourth-order valence-corrected chi connectivity index (χ4v) is 2.43. The highest BCUT2D eigenvalue weighted by Crippen LogP contribution is 2.34. The number of urea groups is 1. The molecule has 0 bridgehead atoms. The third-order valence-electron chi connectivity index (χ3n) is 2.87. The van der Waals surface area contributed by atoms with Gasteiger partial charge in [0.15, 0.2) is 0 Å². The summed E-state index contributed by atoms with van der Waals surface area (Å²) in [4.78, 5) is 21.1. The molecule has 2 rings (SSSR count). The number of hydrogen-bond acceptors (Lipinski definition) is 4. The summed E-state index contributed by atoms with van der Waals surface area (Å²) in [5, 5.41) is 13.6. The molecule has 7 nitrogen and oxygen atoms in total. The quantitative estimate of drug-likeness (QED) is 0.555. The third-order valence-corrected chi connectivity index (χ3v) is 3.48. The minimum Gasteiger partial charge on any atom is -0.341 e. The van der Waals surface area contributed by atoms with Crippen molar-refractivity contribution in [2.24, 2.45) is 0 Å². The molecule has 0 saturated carbocycles. The van der Waals surface area contributed by atoms with Crippen LogP contribution in [0, 0.1) is 5.41 Å². The summed E-state index contributed by atoms with van der Waals surface area (Å²) in [7, 11) is 1.46. The molecule has 1 aromatic heterocycles. The van der Waals surface area contributed by atoms with Gasteiger partial charge in [0.2, 0.25) is 5.96 Å². The van der Waals surface area contributed by atoms with Crippen LogP contribution in [0.5, 0.6) is 0 Å². The number of carbonyl (C=O) groups is 1. The summed E-state index contributed by atoms with van der Waals surface area (Å²) >= 11 is 12.4. The number of rotatable bonds is 3. The van der Waals surface area contributed by atoms with Gasteiger partial charge in [-0.2, -0.15) is 0 Å². The lowest BCUT2D eigenvalue weighted by Crippen LogP contribution is -2.46. The molecule has 0 unspecified atom stereocenters. The van der Waals surface area contributed by atoms with Crippen molar-refractivity contribution in [3.8, 4) is 0 Å². The zero-order valence-corrected chi connectivity index (χ0v) is 14.9. The van der Waals surface area contributed by atoms with Crippen molar-refractivity contribution >= 4 is 53.3 Å². The SMILES string of the molecule is CNC(=O)NC(=N)N(Cc1cnccn1)c1c(Cl)cccc1Cl.Cl. The zero-order chi connectivity index (χ0) is 16.8. The lowest BCUT2D eigenvalue weighted by Gasteiger charge is -2.26. The van der Waals surface area contributed by atoms with Gasteiger partial charge < -0.3 is 10.2 Å². The van der Waals surface area contributed by atoms with Crippen molar-refractivity contribution in [1.29, 1.82) is 5.41 Å². The van der Waals surface area contributed by atoms with E-state index in [4.69, 9.17) is 28.6 Å². The first kappa shape index (κ1) is 20.0. The number of carbonyl (C=O) groups excluding carboxylic acids is 1. The van der Waals surface area contributed by atoms with E-state index in [1.807, 2.05) is 0 Å². The monoisotopic (exact) mass is 388 g/mol. The predicted octanol–water partition coefficient (Wildman–Crippen LogP) is 3.08. The van der Waals surface area contributed by atoms with Crippen molar-refractivity contribution in [1.82, 2.24) is 20.6 Å². The van der Waals surface area contributed by atoms with Crippen molar-refractivity contribution in [2.75, 3.05) is 11.9 Å². The fourth-order valence-electron chi connectivity index (χ4n) is 1.83. The number of hydrogen-bond donors (Lipinski definition) is 3. The Balaban J connectivity index is 0.00000288. The van der Waals surface area contributed by atoms with Crippen LogP contribution in [0.15, 0.2) is 36.8 Å². The maximum Gasteiger partial charge on any atom is 0.321 e. The van der Waals surface area contributed by atoms with Crippen LogP contribution < -0.4 is 15.5 Å². The van der Waals surface area contributed by atoms with E-state index in [1.54, 1.807) is 30.6 Å². The highest BCUT2D eigenvalue weighted by molar-refractivity contribution is 6.40. The lowest BCUT2D eigenvalue weighted by atomic mass is 10.2. The molecule has 0 aliphatic rings. The first-order valence-corrected chi connectivity index (χ1v) is 7.32. The molecule has 128 valence electrons. The highest BCUT2D eigenvalue weighted by Gasteiger charge is 2.20. The van der Waals surface area contributed by atoms with Crippen LogP contribution in [0.1, 0.15) is 5.69 Å². The molecule has 24 heavy (non-hydrogen) atoms. The Hall–Kier alpha value is -2.09. The Kier molecular flexibility index (Phi) is 7.70. The number of para-hydroxylation sites is 1. The van der Waals surface area contributed by atoms with E-state index in [0.717, 1.165) is 0 Å². The second-order valence-electron chi connectivity index (χ2n) is 4.41. The molecule has 0 aliphatic heterocycles. The summed E-state index contributed by atoms with van der Waals surface area (Å²) in [6.45, 7) is 0.167. The molecule has 1 heterocycles. The number of aromatic nitrogens is 2. The number of benzene rings is 1. The van der Waals surface area contributed by atoms with Crippen LogP contribution in [0.2, 0.25) is 10.0 Å². The second kappa shape index (κ2) is 9.27. The molecule has 0 atom stereocenters. The van der Waals surface area contributed by atoms with Gasteiger partial charge in [0.05, 0.1) is 34.2 Å². The smallest absolute Gasteiger partial charge is 0.321 e. The number of anilines is 1. The van der Waals surface area contributed by atoms with Crippen LogP contribution in [0.4, 0.5) is 10.5 Å². The van der Waals surface area contributed by atoms with E-state index < -0.39 is 6.03 Å². The van der Waals surface area contributed by atoms with E-state index in [0.29, 0.717) is 21.4 Å². The highest BCUT2D eigenvalue weighted by atomic mass is 35.5. The number of amides is 2. The molecule has 0 radical (unpaired) electrons. The average Bonchev–Trinajstić information content (AvgIpc) is 2.54. The largest absolute Gasteiger partial charge is 0.341 e. The summed E-state index contributed by atoms with van der Waals surface area (Å²) < 4.78 is 0. The average molecular weight is 390 g/mol. The normalized spacial score (nSPS) is 9.62. The molecule has 0 spiro atoms. The Bertz CT molecular complexity index is 693. The number of nitrogens with one attached hydrogen (secondary N) is 3. The Labute approximate surface area is 155 Å². The Morgan fingerprint density at radius 3 is 2.50 bits per heavy atom. The molecule has 0 saturated heterocycles. The van der Waals surface area contributed by atoms with Crippen molar-refractivity contribution in [3.05, 3.63) is 52.5 Å². The van der Waals surface area contributed by atoms with Gasteiger partial charge in [-0.15, -0.1) is 12.4 Å². The molecule has 10 heteroatoms. The van der Waals surface area contributed by atoms with Gasteiger partial charge in [-0.1, -0.05) is 29.3 Å². The van der Waals surface area contributed by atoms with Gasteiger partial charge in [0, 0.05) is 19.4 Å². The first-order chi connectivity index (χ1) is 11.0. The minimum atomic E-state index is -0.526. The van der Waals surface area contributed by atoms with Crippen molar-refractivity contribution in [2.45, 2.75) is 6.54 Å². The van der Waals surface area contributed by atoms with E-state index in [9.17, 15) is 4.79 Å². The Morgan fingerprint density at radius 1 is 1.29 bits per heavy atom. The standard InChI is InChI=1S/C14H14Cl2N6O.ClH/c1-18-14(23)21-13(17)22(8-9-7-19-5-6-20-9)12-10(15)3-2-4-11(12)16;/h2-7H,8H2,1H3,(H3,17,18,21,23);1H. The van der Waals surface area contributed by atoms with Gasteiger partial charge >= 0.3 is 6.03 Å². The van der Waals surface area contributed by atoms with Crippen molar-refractivity contribution < 1.29 is 4.79 Å². The maximum absolute atomic E-state index is 11.5. The van der Waals surface area contributed by atoms with Crippen molar-refractivity contribution in [3.63, 3.8) is 0 Å². The fraction of sp³-hybridized carbons (Fsp3) is 0.143. The molecule has 1 aromatic carbocycles. The van der Waals surface area contributed by atoms with E-state index in [2.05, 4.69) is 20.6 Å². The molecule has 3 N–H and O–H groups in total. The maximum atomic E-state index is 11.5. The van der Waals surface area contributed by atoms with Crippen LogP contribution in [-0.2, 0) is 6.54 Å². The summed E-state index contributed by atoms with van der Waals surface area (Å²) in [6, 6.07) is 4.48. The zero-order valence-electron chi connectivity index (χ0n) is 12.6. The first-order valence-electron chi connectivity index (χ1n) is 6.56. The van der Waals surface area contributed by atoms with Crippen LogP contribution in [0.3, 0.4) is 0 Å². The Morgan fingerprint density at radius 2 is 1.96 bits per heavy atom. The predicted molar refractivity (Wildman–Crippen MR) is 97.2 cm³/mol. The summed E-state index contributed by atoms with van der Waals surface area (Å²) in [5.41, 5.74) is 0.995.